The topological polar surface area (TPSA) is 58.6 Å². The monoisotopic (exact) mass is 341 g/mol. The number of ether oxygens (including phenoxy) is 1. The number of carbonyl (C=O) groups excluding carboxylic acids is 1. The smallest absolute Gasteiger partial charge is 0.227 e. The lowest BCUT2D eigenvalue weighted by Crippen LogP contribution is -2.16. The van der Waals surface area contributed by atoms with E-state index in [9.17, 15) is 18.7 Å². The Balaban J connectivity index is 2.03. The van der Waals surface area contributed by atoms with E-state index in [1.165, 1.54) is 0 Å². The number of rotatable bonds is 5. The van der Waals surface area contributed by atoms with Crippen LogP contribution < -0.4 is 10.1 Å². The lowest BCUT2D eigenvalue weighted by Gasteiger charge is -2.12. The predicted octanol–water partition coefficient (Wildman–Crippen LogP) is 3.69. The van der Waals surface area contributed by atoms with Crippen molar-refractivity contribution in [1.29, 1.82) is 0 Å². The summed E-state index contributed by atoms with van der Waals surface area (Å²) in [7, 11) is 1.14. The maximum absolute atomic E-state index is 13.5. The molecule has 1 atom stereocenters. The minimum atomic E-state index is -1.06. The molecule has 2 aromatic rings. The summed E-state index contributed by atoms with van der Waals surface area (Å²) in [5.41, 5.74) is 0.450. The molecule has 122 valence electrons. The van der Waals surface area contributed by atoms with Crippen molar-refractivity contribution in [1.82, 2.24) is 0 Å². The summed E-state index contributed by atoms with van der Waals surface area (Å²) in [6.07, 6.45) is -1.32. The van der Waals surface area contributed by atoms with Crippen LogP contribution in [0.4, 0.5) is 14.5 Å². The van der Waals surface area contributed by atoms with Crippen molar-refractivity contribution in [3.05, 3.63) is 58.6 Å². The Kier molecular flexibility index (Phi) is 5.52. The Morgan fingerprint density at radius 1 is 1.26 bits per heavy atom. The number of hydrogen-bond acceptors (Lipinski definition) is 3. The third-order valence-electron chi connectivity index (χ3n) is 3.12. The molecule has 0 aliphatic carbocycles. The summed E-state index contributed by atoms with van der Waals surface area (Å²) < 4.78 is 31.7. The number of nitrogens with one attached hydrogen (secondary N) is 1. The van der Waals surface area contributed by atoms with E-state index in [1.807, 2.05) is 0 Å². The molecule has 0 radical (unpaired) electrons. The Hall–Kier alpha value is -2.18. The lowest BCUT2D eigenvalue weighted by molar-refractivity contribution is -0.118. The number of methoxy groups -OCH3 is 1. The molecule has 0 aliphatic rings. The van der Waals surface area contributed by atoms with Gasteiger partial charge in [-0.3, -0.25) is 4.79 Å². The normalized spacial score (nSPS) is 11.9. The van der Waals surface area contributed by atoms with Gasteiger partial charge in [0.2, 0.25) is 5.91 Å². The molecule has 0 saturated carbocycles. The second-order valence-corrected chi connectivity index (χ2v) is 5.23. The van der Waals surface area contributed by atoms with E-state index in [2.05, 4.69) is 10.1 Å². The molecule has 0 aromatic heterocycles. The second kappa shape index (κ2) is 7.39. The summed E-state index contributed by atoms with van der Waals surface area (Å²) in [5, 5.41) is 12.8. The van der Waals surface area contributed by atoms with Crippen molar-refractivity contribution in [3.8, 4) is 5.75 Å². The highest BCUT2D eigenvalue weighted by molar-refractivity contribution is 6.30. The molecular weight excluding hydrogens is 328 g/mol. The van der Waals surface area contributed by atoms with E-state index in [0.717, 1.165) is 19.2 Å². The highest BCUT2D eigenvalue weighted by atomic mass is 35.5. The Morgan fingerprint density at radius 2 is 1.83 bits per heavy atom. The maximum atomic E-state index is 13.5. The molecule has 0 spiro atoms. The van der Waals surface area contributed by atoms with Crippen LogP contribution >= 0.6 is 11.6 Å². The zero-order valence-electron chi connectivity index (χ0n) is 12.1. The van der Waals surface area contributed by atoms with Gasteiger partial charge in [0.15, 0.2) is 17.4 Å². The first kappa shape index (κ1) is 17.2. The van der Waals surface area contributed by atoms with E-state index in [0.29, 0.717) is 10.6 Å². The van der Waals surface area contributed by atoms with E-state index < -0.39 is 29.4 Å². The van der Waals surface area contributed by atoms with Crippen LogP contribution in [0.25, 0.3) is 0 Å². The van der Waals surface area contributed by atoms with Crippen molar-refractivity contribution in [2.75, 3.05) is 12.4 Å². The van der Waals surface area contributed by atoms with E-state index in [4.69, 9.17) is 11.6 Å². The minimum absolute atomic E-state index is 0.0610. The molecule has 7 heteroatoms. The average Bonchev–Trinajstić information content (AvgIpc) is 2.47. The fraction of sp³-hybridized carbons (Fsp3) is 0.188. The molecule has 0 saturated heterocycles. The minimum Gasteiger partial charge on any atom is -0.491 e. The Labute approximate surface area is 136 Å². The van der Waals surface area contributed by atoms with Crippen molar-refractivity contribution in [2.24, 2.45) is 0 Å². The first-order valence-electron chi connectivity index (χ1n) is 6.67. The van der Waals surface area contributed by atoms with Gasteiger partial charge in [-0.1, -0.05) is 23.7 Å². The van der Waals surface area contributed by atoms with Gasteiger partial charge >= 0.3 is 0 Å². The number of anilines is 1. The van der Waals surface area contributed by atoms with Crippen LogP contribution in [0.2, 0.25) is 5.02 Å². The SMILES string of the molecule is COc1c(F)cc(NC(=O)CC(O)c2ccc(Cl)cc2)cc1F. The van der Waals surface area contributed by atoms with Gasteiger partial charge in [-0.2, -0.15) is 0 Å². The number of aliphatic hydroxyl groups is 1. The van der Waals surface area contributed by atoms with Gasteiger partial charge in [0.25, 0.3) is 0 Å². The van der Waals surface area contributed by atoms with Crippen LogP contribution in [0, 0.1) is 11.6 Å². The number of aliphatic hydroxyl groups excluding tert-OH is 1. The molecule has 1 amide bonds. The van der Waals surface area contributed by atoms with Gasteiger partial charge in [0.1, 0.15) is 0 Å². The molecular formula is C16H14ClF2NO3. The molecule has 1 unspecified atom stereocenters. The molecule has 23 heavy (non-hydrogen) atoms. The number of hydrogen-bond donors (Lipinski definition) is 2. The zero-order valence-corrected chi connectivity index (χ0v) is 12.9. The van der Waals surface area contributed by atoms with Gasteiger partial charge in [-0.15, -0.1) is 0 Å². The van der Waals surface area contributed by atoms with Gasteiger partial charge in [0.05, 0.1) is 19.6 Å². The quantitative estimate of drug-likeness (QED) is 0.872. The van der Waals surface area contributed by atoms with Crippen molar-refractivity contribution >= 4 is 23.2 Å². The standard InChI is InChI=1S/C16H14ClF2NO3/c1-23-16-12(18)6-11(7-13(16)19)20-15(22)8-14(21)9-2-4-10(17)5-3-9/h2-7,14,21H,8H2,1H3,(H,20,22). The van der Waals surface area contributed by atoms with Crippen molar-refractivity contribution < 1.29 is 23.4 Å². The van der Waals surface area contributed by atoms with Crippen LogP contribution in [-0.4, -0.2) is 18.1 Å². The molecule has 0 bridgehead atoms. The fourth-order valence-corrected chi connectivity index (χ4v) is 2.14. The third-order valence-corrected chi connectivity index (χ3v) is 3.37. The van der Waals surface area contributed by atoms with Crippen molar-refractivity contribution in [2.45, 2.75) is 12.5 Å². The Morgan fingerprint density at radius 3 is 2.35 bits per heavy atom. The number of carbonyl (C=O) groups is 1. The van der Waals surface area contributed by atoms with Gasteiger partial charge < -0.3 is 15.2 Å². The van der Waals surface area contributed by atoms with Crippen LogP contribution in [0.3, 0.4) is 0 Å². The Bertz CT molecular complexity index is 684. The van der Waals surface area contributed by atoms with Gasteiger partial charge in [0, 0.05) is 22.8 Å². The molecule has 2 N–H and O–H groups in total. The molecule has 4 nitrogen and oxygen atoms in total. The van der Waals surface area contributed by atoms with Gasteiger partial charge in [-0.25, -0.2) is 8.78 Å². The molecule has 0 fully saturated rings. The highest BCUT2D eigenvalue weighted by Crippen LogP contribution is 2.26. The van der Waals surface area contributed by atoms with Crippen LogP contribution in [0.5, 0.6) is 5.75 Å². The molecule has 2 aromatic carbocycles. The fourth-order valence-electron chi connectivity index (χ4n) is 2.02. The zero-order chi connectivity index (χ0) is 17.0. The number of halogens is 3. The van der Waals surface area contributed by atoms with Crippen LogP contribution in [0.15, 0.2) is 36.4 Å². The first-order chi connectivity index (χ1) is 10.9. The van der Waals surface area contributed by atoms with Gasteiger partial charge in [-0.05, 0) is 17.7 Å². The van der Waals surface area contributed by atoms with E-state index in [-0.39, 0.29) is 12.1 Å². The predicted molar refractivity (Wildman–Crippen MR) is 82.6 cm³/mol. The summed E-state index contributed by atoms with van der Waals surface area (Å²) in [6, 6.07) is 8.24. The second-order valence-electron chi connectivity index (χ2n) is 4.79. The van der Waals surface area contributed by atoms with Crippen LogP contribution in [-0.2, 0) is 4.79 Å². The number of benzene rings is 2. The molecule has 0 aliphatic heterocycles. The molecule has 0 heterocycles. The third kappa shape index (κ3) is 4.40. The van der Waals surface area contributed by atoms with E-state index in [1.54, 1.807) is 24.3 Å². The summed E-state index contributed by atoms with van der Waals surface area (Å²) in [5.74, 6) is -2.97. The molecule has 2 rings (SSSR count). The first-order valence-corrected chi connectivity index (χ1v) is 7.05. The average molecular weight is 342 g/mol. The maximum Gasteiger partial charge on any atom is 0.227 e. The number of amides is 1. The lowest BCUT2D eigenvalue weighted by atomic mass is 10.1. The van der Waals surface area contributed by atoms with E-state index >= 15 is 0 Å². The largest absolute Gasteiger partial charge is 0.491 e. The summed E-state index contributed by atoms with van der Waals surface area (Å²) in [6.45, 7) is 0. The van der Waals surface area contributed by atoms with Crippen LogP contribution in [0.1, 0.15) is 18.1 Å². The van der Waals surface area contributed by atoms with Crippen molar-refractivity contribution in [3.63, 3.8) is 0 Å². The highest BCUT2D eigenvalue weighted by Gasteiger charge is 2.16. The summed E-state index contributed by atoms with van der Waals surface area (Å²) >= 11 is 5.74. The summed E-state index contributed by atoms with van der Waals surface area (Å²) in [4.78, 5) is 11.9.